The van der Waals surface area contributed by atoms with Gasteiger partial charge in [0.05, 0.1) is 18.1 Å². The summed E-state index contributed by atoms with van der Waals surface area (Å²) in [6, 6.07) is 8.08. The predicted molar refractivity (Wildman–Crippen MR) is 79.4 cm³/mol. The van der Waals surface area contributed by atoms with Crippen molar-refractivity contribution in [1.82, 2.24) is 0 Å². The Balaban J connectivity index is 1.46. The monoisotopic (exact) mass is 286 g/mol. The highest BCUT2D eigenvalue weighted by atomic mass is 16.5. The van der Waals surface area contributed by atoms with E-state index in [0.29, 0.717) is 12.4 Å². The number of ether oxygens (including phenoxy) is 2. The molecule has 2 unspecified atom stereocenters. The van der Waals surface area contributed by atoms with E-state index in [1.165, 1.54) is 12.0 Å². The molecule has 1 aromatic rings. The van der Waals surface area contributed by atoms with Gasteiger partial charge >= 0.3 is 0 Å². The molecule has 1 aliphatic carbocycles. The van der Waals surface area contributed by atoms with Crippen LogP contribution in [0.5, 0.6) is 5.75 Å². The first-order valence-electron chi connectivity index (χ1n) is 8.14. The fraction of sp³-hybridized carbons (Fsp3) is 0.611. The highest BCUT2D eigenvalue weighted by Gasteiger charge is 2.45. The van der Waals surface area contributed by atoms with Crippen LogP contribution in [0.3, 0.4) is 0 Å². The molecular formula is C18H22O3. The van der Waals surface area contributed by atoms with Gasteiger partial charge in [0, 0.05) is 12.5 Å². The van der Waals surface area contributed by atoms with E-state index >= 15 is 0 Å². The molecule has 0 radical (unpaired) electrons. The van der Waals surface area contributed by atoms with Gasteiger partial charge in [-0.3, -0.25) is 4.79 Å². The van der Waals surface area contributed by atoms with Crippen LogP contribution in [0.25, 0.3) is 0 Å². The van der Waals surface area contributed by atoms with Gasteiger partial charge in [-0.2, -0.15) is 0 Å². The molecular weight excluding hydrogens is 264 g/mol. The molecule has 2 fully saturated rings. The van der Waals surface area contributed by atoms with E-state index < -0.39 is 0 Å². The van der Waals surface area contributed by atoms with Gasteiger partial charge in [-0.05, 0) is 50.2 Å². The molecule has 0 N–H and O–H groups in total. The number of carbonyl (C=O) groups is 1. The molecule has 0 bridgehead atoms. The van der Waals surface area contributed by atoms with Crippen molar-refractivity contribution in [3.05, 3.63) is 29.8 Å². The van der Waals surface area contributed by atoms with Gasteiger partial charge in [0.2, 0.25) is 0 Å². The van der Waals surface area contributed by atoms with Crippen molar-refractivity contribution in [2.24, 2.45) is 11.8 Å². The number of para-hydroxylation sites is 1. The Labute approximate surface area is 125 Å². The lowest BCUT2D eigenvalue weighted by Crippen LogP contribution is -2.48. The summed E-state index contributed by atoms with van der Waals surface area (Å²) < 4.78 is 11.7. The summed E-state index contributed by atoms with van der Waals surface area (Å²) in [5.41, 5.74) is 1.22. The standard InChI is InChI=1S/C18H22O3/c19-17(14-6-9-21-18(11-14)7-3-8-18)15-10-13-4-1-2-5-16(13)20-12-15/h1-2,4-5,14-15H,3,6-12H2. The van der Waals surface area contributed by atoms with Crippen molar-refractivity contribution in [1.29, 1.82) is 0 Å². The highest BCUT2D eigenvalue weighted by molar-refractivity contribution is 5.84. The minimum absolute atomic E-state index is 0.0279. The number of rotatable bonds is 2. The third-order valence-corrected chi connectivity index (χ3v) is 5.44. The molecule has 2 atom stereocenters. The molecule has 0 amide bonds. The summed E-state index contributed by atoms with van der Waals surface area (Å²) >= 11 is 0. The smallest absolute Gasteiger partial charge is 0.142 e. The third kappa shape index (κ3) is 2.38. The number of hydrogen-bond donors (Lipinski definition) is 0. The summed E-state index contributed by atoms with van der Waals surface area (Å²) in [4.78, 5) is 12.9. The van der Waals surface area contributed by atoms with E-state index in [-0.39, 0.29) is 17.4 Å². The number of hydrogen-bond acceptors (Lipinski definition) is 3. The van der Waals surface area contributed by atoms with E-state index in [0.717, 1.165) is 44.5 Å². The van der Waals surface area contributed by atoms with Gasteiger partial charge in [-0.25, -0.2) is 0 Å². The number of ketones is 1. The van der Waals surface area contributed by atoms with E-state index in [1.807, 2.05) is 18.2 Å². The average Bonchev–Trinajstić information content (AvgIpc) is 2.52. The predicted octanol–water partition coefficient (Wildman–Crippen LogP) is 3.16. The highest BCUT2D eigenvalue weighted by Crippen LogP contribution is 2.45. The first-order chi connectivity index (χ1) is 10.3. The maximum atomic E-state index is 12.9. The van der Waals surface area contributed by atoms with Crippen molar-refractivity contribution in [3.8, 4) is 5.75 Å². The number of benzene rings is 1. The second kappa shape index (κ2) is 5.13. The maximum absolute atomic E-state index is 12.9. The zero-order chi connectivity index (χ0) is 14.3. The molecule has 4 rings (SSSR count). The molecule has 3 heteroatoms. The average molecular weight is 286 g/mol. The lowest BCUT2D eigenvalue weighted by molar-refractivity contribution is -0.158. The van der Waals surface area contributed by atoms with Crippen LogP contribution in [0.15, 0.2) is 24.3 Å². The van der Waals surface area contributed by atoms with Crippen molar-refractivity contribution >= 4 is 5.78 Å². The summed E-state index contributed by atoms with van der Waals surface area (Å²) in [5.74, 6) is 1.56. The van der Waals surface area contributed by atoms with Crippen LogP contribution >= 0.6 is 0 Å². The molecule has 1 saturated heterocycles. The van der Waals surface area contributed by atoms with Gasteiger partial charge in [0.1, 0.15) is 11.5 Å². The van der Waals surface area contributed by atoms with Crippen LogP contribution in [0.4, 0.5) is 0 Å². The van der Waals surface area contributed by atoms with Gasteiger partial charge in [0.25, 0.3) is 0 Å². The molecule has 3 aliphatic rings. The van der Waals surface area contributed by atoms with E-state index in [4.69, 9.17) is 9.47 Å². The van der Waals surface area contributed by atoms with Crippen LogP contribution in [0.2, 0.25) is 0 Å². The van der Waals surface area contributed by atoms with Crippen molar-refractivity contribution in [3.63, 3.8) is 0 Å². The number of carbonyl (C=O) groups excluding carboxylic acids is 1. The molecule has 1 aromatic carbocycles. The Morgan fingerprint density at radius 2 is 2.05 bits per heavy atom. The Kier molecular flexibility index (Phi) is 3.26. The van der Waals surface area contributed by atoms with Crippen LogP contribution in [-0.2, 0) is 16.0 Å². The Bertz CT molecular complexity index is 547. The number of fused-ring (bicyclic) bond motifs is 1. The normalized spacial score (nSPS) is 30.1. The molecule has 3 nitrogen and oxygen atoms in total. The van der Waals surface area contributed by atoms with Crippen molar-refractivity contribution in [2.75, 3.05) is 13.2 Å². The molecule has 2 aliphatic heterocycles. The first kappa shape index (κ1) is 13.3. The third-order valence-electron chi connectivity index (χ3n) is 5.44. The van der Waals surface area contributed by atoms with Crippen LogP contribution < -0.4 is 4.74 Å². The second-order valence-corrected chi connectivity index (χ2v) is 6.80. The van der Waals surface area contributed by atoms with E-state index in [9.17, 15) is 4.79 Å². The molecule has 1 spiro atoms. The Morgan fingerprint density at radius 3 is 2.86 bits per heavy atom. The molecule has 112 valence electrons. The first-order valence-corrected chi connectivity index (χ1v) is 8.14. The van der Waals surface area contributed by atoms with Crippen molar-refractivity contribution < 1.29 is 14.3 Å². The summed E-state index contributed by atoms with van der Waals surface area (Å²) in [6.07, 6.45) is 6.18. The quantitative estimate of drug-likeness (QED) is 0.838. The fourth-order valence-electron chi connectivity index (χ4n) is 4.03. The van der Waals surface area contributed by atoms with Gasteiger partial charge in [-0.15, -0.1) is 0 Å². The molecule has 0 aromatic heterocycles. The summed E-state index contributed by atoms with van der Waals surface area (Å²) in [7, 11) is 0. The minimum atomic E-state index is 0.0279. The fourth-order valence-corrected chi connectivity index (χ4v) is 4.03. The summed E-state index contributed by atoms with van der Waals surface area (Å²) in [5, 5.41) is 0. The maximum Gasteiger partial charge on any atom is 0.142 e. The number of Topliss-reactive ketones (excluding diaryl/α,β-unsaturated/α-hetero) is 1. The van der Waals surface area contributed by atoms with E-state index in [2.05, 4.69) is 6.07 Å². The largest absolute Gasteiger partial charge is 0.493 e. The Hall–Kier alpha value is -1.35. The van der Waals surface area contributed by atoms with Crippen LogP contribution in [0.1, 0.15) is 37.7 Å². The molecule has 2 heterocycles. The minimum Gasteiger partial charge on any atom is -0.493 e. The SMILES string of the molecule is O=C(C1COc2ccccc2C1)C1CCOC2(CCC2)C1. The Morgan fingerprint density at radius 1 is 1.19 bits per heavy atom. The molecule has 21 heavy (non-hydrogen) atoms. The lowest BCUT2D eigenvalue weighted by atomic mass is 9.69. The summed E-state index contributed by atoms with van der Waals surface area (Å²) in [6.45, 7) is 1.29. The topological polar surface area (TPSA) is 35.5 Å². The lowest BCUT2D eigenvalue weighted by Gasteiger charge is -2.47. The van der Waals surface area contributed by atoms with E-state index in [1.54, 1.807) is 0 Å². The van der Waals surface area contributed by atoms with Crippen LogP contribution in [0, 0.1) is 11.8 Å². The van der Waals surface area contributed by atoms with Gasteiger partial charge in [0.15, 0.2) is 0 Å². The van der Waals surface area contributed by atoms with Gasteiger partial charge in [-0.1, -0.05) is 18.2 Å². The second-order valence-electron chi connectivity index (χ2n) is 6.80. The van der Waals surface area contributed by atoms with Crippen molar-refractivity contribution in [2.45, 2.75) is 44.1 Å². The zero-order valence-electron chi connectivity index (χ0n) is 12.3. The zero-order valence-corrected chi connectivity index (χ0v) is 12.3. The van der Waals surface area contributed by atoms with Crippen LogP contribution in [-0.4, -0.2) is 24.6 Å². The molecule has 1 saturated carbocycles. The van der Waals surface area contributed by atoms with Gasteiger partial charge < -0.3 is 9.47 Å².